The number of carbonyl (C=O) groups excluding carboxylic acids is 1. The van der Waals surface area contributed by atoms with Crippen LogP contribution in [0.4, 0.5) is 0 Å². The quantitative estimate of drug-likeness (QED) is 0.698. The summed E-state index contributed by atoms with van der Waals surface area (Å²) in [7, 11) is 1.87. The topological polar surface area (TPSA) is 46.9 Å². The maximum Gasteiger partial charge on any atom is 0.244 e. The summed E-state index contributed by atoms with van der Waals surface area (Å²) < 4.78 is 1.78. The Morgan fingerprint density at radius 3 is 2.92 bits per heavy atom. The molecule has 4 nitrogen and oxygen atoms in total. The van der Waals surface area contributed by atoms with Gasteiger partial charge in [-0.1, -0.05) is 35.9 Å². The third-order valence-corrected chi connectivity index (χ3v) is 4.75. The molecule has 0 aliphatic carbocycles. The first-order valence-electron chi connectivity index (χ1n) is 7.41. The van der Waals surface area contributed by atoms with Crippen LogP contribution in [0.15, 0.2) is 53.9 Å². The van der Waals surface area contributed by atoms with Gasteiger partial charge in [0.05, 0.1) is 17.1 Å². The first kappa shape index (κ1) is 16.5. The highest BCUT2D eigenvalue weighted by Crippen LogP contribution is 2.23. The van der Waals surface area contributed by atoms with Crippen LogP contribution in [0.3, 0.4) is 0 Å². The number of aromatic nitrogens is 2. The van der Waals surface area contributed by atoms with E-state index < -0.39 is 0 Å². The van der Waals surface area contributed by atoms with Crippen LogP contribution < -0.4 is 5.32 Å². The van der Waals surface area contributed by atoms with Gasteiger partial charge in [0.25, 0.3) is 0 Å². The predicted molar refractivity (Wildman–Crippen MR) is 98.9 cm³/mol. The van der Waals surface area contributed by atoms with Gasteiger partial charge in [-0.05, 0) is 35.2 Å². The third kappa shape index (κ3) is 3.93. The molecule has 24 heavy (non-hydrogen) atoms. The summed E-state index contributed by atoms with van der Waals surface area (Å²) in [5.74, 6) is -0.172. The lowest BCUT2D eigenvalue weighted by molar-refractivity contribution is -0.116. The Balaban J connectivity index is 1.62. The molecule has 3 rings (SSSR count). The van der Waals surface area contributed by atoms with Crippen molar-refractivity contribution in [1.82, 2.24) is 15.1 Å². The minimum Gasteiger partial charge on any atom is -0.347 e. The molecule has 0 radical (unpaired) electrons. The first-order chi connectivity index (χ1) is 11.6. The third-order valence-electron chi connectivity index (χ3n) is 3.51. The average Bonchev–Trinajstić information content (AvgIpc) is 3.22. The number of aryl methyl sites for hydroxylation is 1. The van der Waals surface area contributed by atoms with E-state index in [-0.39, 0.29) is 5.91 Å². The summed E-state index contributed by atoms with van der Waals surface area (Å²) in [4.78, 5) is 13.1. The molecule has 0 saturated carbocycles. The molecule has 1 N–H and O–H groups in total. The second-order valence-electron chi connectivity index (χ2n) is 5.19. The monoisotopic (exact) mass is 357 g/mol. The number of halogens is 1. The number of hydrogen-bond donors (Lipinski definition) is 1. The van der Waals surface area contributed by atoms with E-state index in [1.807, 2.05) is 48.8 Å². The molecule has 6 heteroatoms. The van der Waals surface area contributed by atoms with Gasteiger partial charge in [-0.3, -0.25) is 9.48 Å². The molecule has 0 aliphatic heterocycles. The van der Waals surface area contributed by atoms with Gasteiger partial charge in [-0.25, -0.2) is 0 Å². The molecule has 1 aromatic carbocycles. The van der Waals surface area contributed by atoms with Gasteiger partial charge in [0.2, 0.25) is 5.91 Å². The van der Waals surface area contributed by atoms with Crippen molar-refractivity contribution in [2.24, 2.45) is 7.05 Å². The Kier molecular flexibility index (Phi) is 5.13. The lowest BCUT2D eigenvalue weighted by Gasteiger charge is -2.02. The van der Waals surface area contributed by atoms with Crippen LogP contribution in [0.25, 0.3) is 16.6 Å². The number of nitrogens with zero attached hydrogens (tertiary/aromatic N) is 2. The predicted octanol–water partition coefficient (Wildman–Crippen LogP) is 4.13. The SMILES string of the molecule is Cn1nc(-c2cccs2)cc1CNC(=O)/C=C/c1ccccc1Cl. The van der Waals surface area contributed by atoms with Crippen LogP contribution in [-0.2, 0) is 18.4 Å². The van der Waals surface area contributed by atoms with E-state index in [1.54, 1.807) is 28.2 Å². The highest BCUT2D eigenvalue weighted by Gasteiger charge is 2.08. The van der Waals surface area contributed by atoms with E-state index in [4.69, 9.17) is 11.6 Å². The number of thiophene rings is 1. The zero-order valence-electron chi connectivity index (χ0n) is 13.1. The lowest BCUT2D eigenvalue weighted by atomic mass is 10.2. The molecule has 2 aromatic heterocycles. The molecule has 0 fully saturated rings. The van der Waals surface area contributed by atoms with Crippen molar-refractivity contribution in [1.29, 1.82) is 0 Å². The maximum absolute atomic E-state index is 12.0. The second kappa shape index (κ2) is 7.47. The zero-order valence-corrected chi connectivity index (χ0v) is 14.6. The molecule has 0 atom stereocenters. The Bertz CT molecular complexity index is 868. The normalized spacial score (nSPS) is 11.1. The van der Waals surface area contributed by atoms with E-state index in [9.17, 15) is 4.79 Å². The Hall–Kier alpha value is -2.37. The van der Waals surface area contributed by atoms with Gasteiger partial charge in [0.15, 0.2) is 0 Å². The minimum absolute atomic E-state index is 0.172. The fourth-order valence-corrected chi connectivity index (χ4v) is 3.11. The number of rotatable bonds is 5. The van der Waals surface area contributed by atoms with Gasteiger partial charge in [0, 0.05) is 18.1 Å². The molecule has 0 bridgehead atoms. The Morgan fingerprint density at radius 1 is 1.33 bits per heavy atom. The summed E-state index contributed by atoms with van der Waals surface area (Å²) in [6, 6.07) is 13.4. The number of nitrogens with one attached hydrogen (secondary N) is 1. The maximum atomic E-state index is 12.0. The number of benzene rings is 1. The van der Waals surface area contributed by atoms with Crippen molar-refractivity contribution in [2.75, 3.05) is 0 Å². The number of carbonyl (C=O) groups is 1. The molecular formula is C18H16ClN3OS. The highest BCUT2D eigenvalue weighted by atomic mass is 35.5. The molecule has 0 spiro atoms. The molecule has 2 heterocycles. The molecular weight excluding hydrogens is 342 g/mol. The fraction of sp³-hybridized carbons (Fsp3) is 0.111. The average molecular weight is 358 g/mol. The molecule has 3 aromatic rings. The Labute approximate surface area is 149 Å². The van der Waals surface area contributed by atoms with E-state index in [1.165, 1.54) is 6.08 Å². The van der Waals surface area contributed by atoms with Crippen molar-refractivity contribution >= 4 is 34.9 Å². The van der Waals surface area contributed by atoms with Crippen LogP contribution in [0, 0.1) is 0 Å². The van der Waals surface area contributed by atoms with E-state index in [0.717, 1.165) is 21.8 Å². The Morgan fingerprint density at radius 2 is 2.17 bits per heavy atom. The van der Waals surface area contributed by atoms with Crippen molar-refractivity contribution < 1.29 is 4.79 Å². The summed E-state index contributed by atoms with van der Waals surface area (Å²) in [6.45, 7) is 0.417. The van der Waals surface area contributed by atoms with Crippen molar-refractivity contribution in [3.63, 3.8) is 0 Å². The summed E-state index contributed by atoms with van der Waals surface area (Å²) in [5.41, 5.74) is 2.68. The second-order valence-corrected chi connectivity index (χ2v) is 6.55. The van der Waals surface area contributed by atoms with Gasteiger partial charge < -0.3 is 5.32 Å². The van der Waals surface area contributed by atoms with Gasteiger partial charge >= 0.3 is 0 Å². The smallest absolute Gasteiger partial charge is 0.244 e. The largest absolute Gasteiger partial charge is 0.347 e. The first-order valence-corrected chi connectivity index (χ1v) is 8.66. The standard InChI is InChI=1S/C18H16ClN3OS/c1-22-14(11-16(21-22)17-7-4-10-24-17)12-20-18(23)9-8-13-5-2-3-6-15(13)19/h2-11H,12H2,1H3,(H,20,23)/b9-8+. The van der Waals surface area contributed by atoms with E-state index in [2.05, 4.69) is 10.4 Å². The summed E-state index contributed by atoms with van der Waals surface area (Å²) in [5, 5.41) is 9.98. The molecule has 122 valence electrons. The van der Waals surface area contributed by atoms with Crippen LogP contribution in [0.5, 0.6) is 0 Å². The van der Waals surface area contributed by atoms with E-state index in [0.29, 0.717) is 11.6 Å². The number of amides is 1. The number of hydrogen-bond acceptors (Lipinski definition) is 3. The molecule has 0 saturated heterocycles. The van der Waals surface area contributed by atoms with Crippen molar-refractivity contribution in [3.05, 3.63) is 70.2 Å². The van der Waals surface area contributed by atoms with Gasteiger partial charge in [0.1, 0.15) is 5.69 Å². The van der Waals surface area contributed by atoms with Crippen LogP contribution >= 0.6 is 22.9 Å². The van der Waals surface area contributed by atoms with E-state index >= 15 is 0 Å². The fourth-order valence-electron chi connectivity index (χ4n) is 2.23. The summed E-state index contributed by atoms with van der Waals surface area (Å²) in [6.07, 6.45) is 3.19. The zero-order chi connectivity index (χ0) is 16.9. The van der Waals surface area contributed by atoms with Crippen LogP contribution in [-0.4, -0.2) is 15.7 Å². The lowest BCUT2D eigenvalue weighted by Crippen LogP contribution is -2.21. The van der Waals surface area contributed by atoms with Crippen molar-refractivity contribution in [3.8, 4) is 10.6 Å². The van der Waals surface area contributed by atoms with Crippen molar-refractivity contribution in [2.45, 2.75) is 6.54 Å². The molecule has 0 aliphatic rings. The molecule has 1 amide bonds. The van der Waals surface area contributed by atoms with Crippen LogP contribution in [0.1, 0.15) is 11.3 Å². The minimum atomic E-state index is -0.172. The molecule has 0 unspecified atom stereocenters. The van der Waals surface area contributed by atoms with Crippen LogP contribution in [0.2, 0.25) is 5.02 Å². The highest BCUT2D eigenvalue weighted by molar-refractivity contribution is 7.13. The summed E-state index contributed by atoms with van der Waals surface area (Å²) >= 11 is 7.70. The van der Waals surface area contributed by atoms with Gasteiger partial charge in [-0.15, -0.1) is 11.3 Å². The van der Waals surface area contributed by atoms with Gasteiger partial charge in [-0.2, -0.15) is 5.10 Å².